The molecule has 0 aliphatic heterocycles. The number of nitrogens with zero attached hydrogens (tertiary/aromatic N) is 5. The molecule has 0 aliphatic rings. The van der Waals surface area contributed by atoms with Crippen LogP contribution in [0.25, 0.3) is 33.3 Å². The lowest BCUT2D eigenvalue weighted by atomic mass is 10.0. The Morgan fingerprint density at radius 2 is 1.76 bits per heavy atom. The van der Waals surface area contributed by atoms with Crippen LogP contribution in [0, 0.1) is 0 Å². The fourth-order valence-electron chi connectivity index (χ4n) is 5.01. The largest absolute Gasteiger partial charge is 0.497 e. The van der Waals surface area contributed by atoms with E-state index in [1.807, 2.05) is 67.4 Å². The lowest BCUT2D eigenvalue weighted by Gasteiger charge is -2.22. The van der Waals surface area contributed by atoms with Gasteiger partial charge in [0.05, 0.1) is 17.5 Å². The molecular weight excluding hydrogens is 518 g/mol. The Balaban J connectivity index is 0.00000237. The summed E-state index contributed by atoms with van der Waals surface area (Å²) in [6.07, 6.45) is 20.5. The number of pyridine rings is 1. The Morgan fingerprint density at radius 3 is 2.52 bits per heavy atom. The van der Waals surface area contributed by atoms with E-state index >= 15 is 0 Å². The summed E-state index contributed by atoms with van der Waals surface area (Å²) in [4.78, 5) is 11.8. The van der Waals surface area contributed by atoms with Gasteiger partial charge in [0.1, 0.15) is 6.61 Å². The van der Waals surface area contributed by atoms with Crippen LogP contribution in [0.1, 0.15) is 78.7 Å². The summed E-state index contributed by atoms with van der Waals surface area (Å²) < 4.78 is 8.09. The van der Waals surface area contributed by atoms with E-state index in [0.29, 0.717) is 6.61 Å². The maximum absolute atomic E-state index is 6.26. The molecule has 224 valence electrons. The molecule has 0 fully saturated rings. The van der Waals surface area contributed by atoms with Gasteiger partial charge in [-0.3, -0.25) is 9.88 Å². The zero-order chi connectivity index (χ0) is 30.2. The summed E-state index contributed by atoms with van der Waals surface area (Å²) in [6.45, 7) is 18.7. The normalized spacial score (nSPS) is 12.0. The van der Waals surface area contributed by atoms with Gasteiger partial charge >= 0.3 is 0 Å². The first kappa shape index (κ1) is 32.7. The van der Waals surface area contributed by atoms with E-state index < -0.39 is 0 Å². The quantitative estimate of drug-likeness (QED) is 0.0767. The first-order valence-corrected chi connectivity index (χ1v) is 15.7. The molecule has 3 aromatic heterocycles. The minimum atomic E-state index is 0.711. The number of fused-ring (bicyclic) bond motifs is 2. The zero-order valence-electron chi connectivity index (χ0n) is 26.4. The van der Waals surface area contributed by atoms with Crippen molar-refractivity contribution in [1.82, 2.24) is 24.5 Å². The van der Waals surface area contributed by atoms with Gasteiger partial charge in [0, 0.05) is 48.1 Å². The van der Waals surface area contributed by atoms with Gasteiger partial charge in [0.25, 0.3) is 0 Å². The molecular formula is C36H49N5O. The smallest absolute Gasteiger partial charge is 0.162 e. The summed E-state index contributed by atoms with van der Waals surface area (Å²) >= 11 is 0. The number of aromatic nitrogens is 4. The van der Waals surface area contributed by atoms with Crippen LogP contribution in [0.15, 0.2) is 85.7 Å². The van der Waals surface area contributed by atoms with Crippen LogP contribution in [0.5, 0.6) is 0 Å². The van der Waals surface area contributed by atoms with Crippen molar-refractivity contribution in [2.24, 2.45) is 0 Å². The zero-order valence-corrected chi connectivity index (χ0v) is 26.4. The SMILES string of the molecule is C=C/C(=C\C=C(/CCC)OCCN(CCC)CCCCC)c1cnc2c(-c3cccc4ncccc34)cnn2c1.CC. The van der Waals surface area contributed by atoms with Gasteiger partial charge in [-0.25, -0.2) is 9.50 Å². The summed E-state index contributed by atoms with van der Waals surface area (Å²) in [5.74, 6) is 1.01. The first-order chi connectivity index (χ1) is 20.7. The number of hydrogen-bond acceptors (Lipinski definition) is 5. The standard InChI is InChI=1S/C34H43N5O.C2H6/c1-5-9-10-21-38(20-7-3)22-23-40-29(13-6-2)18-17-27(8-4)28-24-36-34-32(25-37-39(34)26-28)30-14-11-16-33-31(30)15-12-19-35-33;1-2/h8,11-12,14-19,24-26H,4-7,9-10,13,20-23H2,1-3H3;1-2H3/b27-17+,29-18+;. The van der Waals surface area contributed by atoms with Crippen LogP contribution in [0.3, 0.4) is 0 Å². The highest BCUT2D eigenvalue weighted by Crippen LogP contribution is 2.30. The number of allylic oxidation sites excluding steroid dienone is 5. The molecule has 0 saturated carbocycles. The van der Waals surface area contributed by atoms with Crippen LogP contribution in [0.2, 0.25) is 0 Å². The van der Waals surface area contributed by atoms with Crippen molar-refractivity contribution in [2.45, 2.75) is 73.1 Å². The van der Waals surface area contributed by atoms with Gasteiger partial charge < -0.3 is 4.74 Å². The van der Waals surface area contributed by atoms with Crippen molar-refractivity contribution in [3.05, 3.63) is 91.2 Å². The van der Waals surface area contributed by atoms with E-state index in [-0.39, 0.29) is 0 Å². The van der Waals surface area contributed by atoms with Crippen LogP contribution in [-0.4, -0.2) is 50.7 Å². The van der Waals surface area contributed by atoms with Crippen LogP contribution >= 0.6 is 0 Å². The molecule has 0 saturated heterocycles. The molecule has 0 unspecified atom stereocenters. The van der Waals surface area contributed by atoms with E-state index in [1.165, 1.54) is 25.7 Å². The Bertz CT molecular complexity index is 1450. The highest BCUT2D eigenvalue weighted by molar-refractivity contribution is 5.97. The predicted molar refractivity (Wildman–Crippen MR) is 178 cm³/mol. The second kappa shape index (κ2) is 17.9. The molecule has 0 atom stereocenters. The van der Waals surface area contributed by atoms with E-state index in [9.17, 15) is 0 Å². The number of rotatable bonds is 16. The van der Waals surface area contributed by atoms with Crippen LogP contribution in [0.4, 0.5) is 0 Å². The van der Waals surface area contributed by atoms with Crippen molar-refractivity contribution in [1.29, 1.82) is 0 Å². The highest BCUT2D eigenvalue weighted by Gasteiger charge is 2.12. The first-order valence-electron chi connectivity index (χ1n) is 15.7. The predicted octanol–water partition coefficient (Wildman–Crippen LogP) is 9.14. The fraction of sp³-hybridized carbons (Fsp3) is 0.417. The van der Waals surface area contributed by atoms with Crippen molar-refractivity contribution < 1.29 is 4.74 Å². The summed E-state index contributed by atoms with van der Waals surface area (Å²) in [6, 6.07) is 10.2. The number of benzene rings is 1. The molecule has 42 heavy (non-hydrogen) atoms. The third-order valence-electron chi connectivity index (χ3n) is 7.10. The van der Waals surface area contributed by atoms with Gasteiger partial charge in [-0.2, -0.15) is 5.10 Å². The van der Waals surface area contributed by atoms with Crippen LogP contribution < -0.4 is 0 Å². The van der Waals surface area contributed by atoms with Gasteiger partial charge in [0.15, 0.2) is 5.65 Å². The van der Waals surface area contributed by atoms with E-state index in [0.717, 1.165) is 77.0 Å². The van der Waals surface area contributed by atoms with Crippen LogP contribution in [-0.2, 0) is 4.74 Å². The minimum absolute atomic E-state index is 0.711. The summed E-state index contributed by atoms with van der Waals surface area (Å²) in [5, 5.41) is 5.72. The molecule has 6 nitrogen and oxygen atoms in total. The maximum Gasteiger partial charge on any atom is 0.162 e. The third-order valence-corrected chi connectivity index (χ3v) is 7.10. The topological polar surface area (TPSA) is 55.5 Å². The second-order valence-corrected chi connectivity index (χ2v) is 10.2. The molecule has 1 aromatic carbocycles. The van der Waals surface area contributed by atoms with Crippen molar-refractivity contribution in [3.63, 3.8) is 0 Å². The van der Waals surface area contributed by atoms with Crippen molar-refractivity contribution in [2.75, 3.05) is 26.2 Å². The molecule has 4 rings (SSSR count). The molecule has 0 radical (unpaired) electrons. The molecule has 4 aromatic rings. The lowest BCUT2D eigenvalue weighted by molar-refractivity contribution is 0.150. The Labute approximate surface area is 252 Å². The Morgan fingerprint density at radius 1 is 0.905 bits per heavy atom. The summed E-state index contributed by atoms with van der Waals surface area (Å²) in [5.41, 5.74) is 5.76. The highest BCUT2D eigenvalue weighted by atomic mass is 16.5. The van der Waals surface area contributed by atoms with Gasteiger partial charge in [-0.05, 0) is 61.7 Å². The van der Waals surface area contributed by atoms with E-state index in [2.05, 4.69) is 66.6 Å². The van der Waals surface area contributed by atoms with Crippen molar-refractivity contribution >= 4 is 22.1 Å². The molecule has 0 bridgehead atoms. The minimum Gasteiger partial charge on any atom is -0.497 e. The number of unbranched alkanes of at least 4 members (excludes halogenated alkanes) is 2. The van der Waals surface area contributed by atoms with Gasteiger partial charge in [-0.15, -0.1) is 0 Å². The maximum atomic E-state index is 6.26. The summed E-state index contributed by atoms with van der Waals surface area (Å²) in [7, 11) is 0. The molecule has 0 amide bonds. The lowest BCUT2D eigenvalue weighted by Crippen LogP contribution is -2.29. The Hall–Kier alpha value is -3.77. The molecule has 0 spiro atoms. The monoisotopic (exact) mass is 567 g/mol. The number of hydrogen-bond donors (Lipinski definition) is 0. The molecule has 3 heterocycles. The fourth-order valence-corrected chi connectivity index (χ4v) is 5.01. The number of ether oxygens (including phenoxy) is 1. The molecule has 0 aliphatic carbocycles. The Kier molecular flexibility index (Phi) is 14.0. The molecule has 6 heteroatoms. The average molecular weight is 568 g/mol. The second-order valence-electron chi connectivity index (χ2n) is 10.2. The third kappa shape index (κ3) is 8.86. The average Bonchev–Trinajstić information content (AvgIpc) is 3.45. The molecule has 0 N–H and O–H groups in total. The van der Waals surface area contributed by atoms with E-state index in [4.69, 9.17) is 9.72 Å². The van der Waals surface area contributed by atoms with Crippen molar-refractivity contribution in [3.8, 4) is 11.1 Å². The van der Waals surface area contributed by atoms with Gasteiger partial charge in [-0.1, -0.05) is 84.4 Å². The van der Waals surface area contributed by atoms with E-state index in [1.54, 1.807) is 0 Å². The van der Waals surface area contributed by atoms with Gasteiger partial charge in [0.2, 0.25) is 0 Å².